The standard InChI is InChI=1S/C17H26N2O2/c1-5-8-13(3)19(4)17(21)16-14(12-20)9-7-10-15(16)18-11-6-2/h7,9-10,12-13,18H,5-6,8,11H2,1-4H3. The first-order chi connectivity index (χ1) is 10.1. The largest absolute Gasteiger partial charge is 0.384 e. The summed E-state index contributed by atoms with van der Waals surface area (Å²) >= 11 is 0. The molecule has 1 aromatic rings. The summed E-state index contributed by atoms with van der Waals surface area (Å²) in [6.45, 7) is 6.97. The summed E-state index contributed by atoms with van der Waals surface area (Å²) in [7, 11) is 1.80. The smallest absolute Gasteiger partial charge is 0.256 e. The molecule has 0 bridgehead atoms. The Kier molecular flexibility index (Phi) is 6.92. The van der Waals surface area contributed by atoms with Gasteiger partial charge in [0.05, 0.1) is 5.56 Å². The summed E-state index contributed by atoms with van der Waals surface area (Å²) in [6, 6.07) is 5.50. The Labute approximate surface area is 127 Å². The van der Waals surface area contributed by atoms with Crippen molar-refractivity contribution in [3.63, 3.8) is 0 Å². The van der Waals surface area contributed by atoms with Gasteiger partial charge >= 0.3 is 0 Å². The Morgan fingerprint density at radius 1 is 1.33 bits per heavy atom. The van der Waals surface area contributed by atoms with Gasteiger partial charge in [0, 0.05) is 30.9 Å². The molecule has 1 amide bonds. The van der Waals surface area contributed by atoms with Crippen LogP contribution in [0, 0.1) is 0 Å². The molecule has 21 heavy (non-hydrogen) atoms. The van der Waals surface area contributed by atoms with Crippen LogP contribution in [-0.4, -0.2) is 36.7 Å². The lowest BCUT2D eigenvalue weighted by atomic mass is 10.0. The zero-order valence-electron chi connectivity index (χ0n) is 13.5. The lowest BCUT2D eigenvalue weighted by molar-refractivity contribution is 0.0735. The number of rotatable bonds is 8. The minimum absolute atomic E-state index is 0.0998. The van der Waals surface area contributed by atoms with Crippen LogP contribution in [0.1, 0.15) is 60.7 Å². The van der Waals surface area contributed by atoms with Gasteiger partial charge in [0.2, 0.25) is 0 Å². The number of nitrogens with one attached hydrogen (secondary N) is 1. The fraction of sp³-hybridized carbons (Fsp3) is 0.529. The number of carbonyl (C=O) groups excluding carboxylic acids is 2. The van der Waals surface area contributed by atoms with E-state index in [1.54, 1.807) is 24.1 Å². The maximum absolute atomic E-state index is 12.8. The first-order valence-electron chi connectivity index (χ1n) is 7.65. The van der Waals surface area contributed by atoms with Crippen LogP contribution in [-0.2, 0) is 0 Å². The molecule has 0 aliphatic carbocycles. The minimum atomic E-state index is -0.0998. The molecule has 116 valence electrons. The van der Waals surface area contributed by atoms with Crippen molar-refractivity contribution in [1.29, 1.82) is 0 Å². The van der Waals surface area contributed by atoms with Crippen molar-refractivity contribution in [2.75, 3.05) is 18.9 Å². The Morgan fingerprint density at radius 3 is 2.62 bits per heavy atom. The highest BCUT2D eigenvalue weighted by molar-refractivity contribution is 6.06. The molecule has 1 N–H and O–H groups in total. The molecule has 4 nitrogen and oxygen atoms in total. The van der Waals surface area contributed by atoms with E-state index in [1.165, 1.54) is 0 Å². The third-order valence-corrected chi connectivity index (χ3v) is 3.69. The van der Waals surface area contributed by atoms with Crippen LogP contribution >= 0.6 is 0 Å². The van der Waals surface area contributed by atoms with Gasteiger partial charge in [0.1, 0.15) is 0 Å². The maximum Gasteiger partial charge on any atom is 0.256 e. The number of amides is 1. The van der Waals surface area contributed by atoms with E-state index in [2.05, 4.69) is 19.2 Å². The van der Waals surface area contributed by atoms with Gasteiger partial charge in [-0.25, -0.2) is 0 Å². The molecular formula is C17H26N2O2. The van der Waals surface area contributed by atoms with Crippen molar-refractivity contribution in [3.8, 4) is 0 Å². The molecule has 0 heterocycles. The van der Waals surface area contributed by atoms with Crippen molar-refractivity contribution in [2.45, 2.75) is 46.1 Å². The van der Waals surface area contributed by atoms with Gasteiger partial charge in [-0.3, -0.25) is 9.59 Å². The number of carbonyl (C=O) groups is 2. The zero-order valence-corrected chi connectivity index (χ0v) is 13.5. The summed E-state index contributed by atoms with van der Waals surface area (Å²) in [6.07, 6.45) is 3.68. The molecule has 0 aliphatic rings. The number of hydrogen-bond donors (Lipinski definition) is 1. The summed E-state index contributed by atoms with van der Waals surface area (Å²) in [5, 5.41) is 3.24. The normalized spacial score (nSPS) is 11.8. The first-order valence-corrected chi connectivity index (χ1v) is 7.65. The number of benzene rings is 1. The third kappa shape index (κ3) is 4.31. The Hall–Kier alpha value is -1.84. The van der Waals surface area contributed by atoms with Crippen LogP contribution in [0.4, 0.5) is 5.69 Å². The minimum Gasteiger partial charge on any atom is -0.384 e. The maximum atomic E-state index is 12.8. The number of anilines is 1. The average molecular weight is 290 g/mol. The Balaban J connectivity index is 3.13. The number of hydrogen-bond acceptors (Lipinski definition) is 3. The van der Waals surface area contributed by atoms with E-state index >= 15 is 0 Å². The molecule has 0 aromatic heterocycles. The lowest BCUT2D eigenvalue weighted by Crippen LogP contribution is -2.36. The van der Waals surface area contributed by atoms with E-state index in [9.17, 15) is 9.59 Å². The molecule has 1 unspecified atom stereocenters. The zero-order chi connectivity index (χ0) is 15.8. The van der Waals surface area contributed by atoms with Crippen LogP contribution in [0.5, 0.6) is 0 Å². The van der Waals surface area contributed by atoms with Crippen molar-refractivity contribution < 1.29 is 9.59 Å². The fourth-order valence-electron chi connectivity index (χ4n) is 2.30. The van der Waals surface area contributed by atoms with E-state index in [4.69, 9.17) is 0 Å². The first kappa shape index (κ1) is 17.2. The molecule has 1 rings (SSSR count). The van der Waals surface area contributed by atoms with E-state index in [0.717, 1.165) is 37.8 Å². The van der Waals surface area contributed by atoms with Crippen LogP contribution in [0.25, 0.3) is 0 Å². The molecule has 0 aliphatic heterocycles. The molecule has 0 spiro atoms. The van der Waals surface area contributed by atoms with Crippen molar-refractivity contribution >= 4 is 17.9 Å². The Morgan fingerprint density at radius 2 is 2.05 bits per heavy atom. The van der Waals surface area contributed by atoms with Gasteiger partial charge in [0.25, 0.3) is 5.91 Å². The predicted molar refractivity (Wildman–Crippen MR) is 87.1 cm³/mol. The second-order valence-electron chi connectivity index (χ2n) is 5.37. The summed E-state index contributed by atoms with van der Waals surface area (Å²) in [4.78, 5) is 25.8. The van der Waals surface area contributed by atoms with Gasteiger partial charge in [-0.15, -0.1) is 0 Å². The fourth-order valence-corrected chi connectivity index (χ4v) is 2.30. The monoisotopic (exact) mass is 290 g/mol. The second kappa shape index (κ2) is 8.45. The Bertz CT molecular complexity index is 486. The van der Waals surface area contributed by atoms with Gasteiger partial charge in [-0.05, 0) is 25.8 Å². The van der Waals surface area contributed by atoms with Crippen LogP contribution in [0.2, 0.25) is 0 Å². The summed E-state index contributed by atoms with van der Waals surface area (Å²) in [5.74, 6) is -0.0998. The SMILES string of the molecule is CCCNc1cccc(C=O)c1C(=O)N(C)C(C)CCC. The number of aldehydes is 1. The molecule has 0 saturated carbocycles. The molecule has 0 radical (unpaired) electrons. The van der Waals surface area contributed by atoms with E-state index in [0.29, 0.717) is 11.1 Å². The second-order valence-corrected chi connectivity index (χ2v) is 5.37. The lowest BCUT2D eigenvalue weighted by Gasteiger charge is -2.26. The van der Waals surface area contributed by atoms with Crippen LogP contribution in [0.15, 0.2) is 18.2 Å². The van der Waals surface area contributed by atoms with Crippen LogP contribution < -0.4 is 5.32 Å². The van der Waals surface area contributed by atoms with Gasteiger partial charge in [-0.1, -0.05) is 32.4 Å². The van der Waals surface area contributed by atoms with Crippen molar-refractivity contribution in [1.82, 2.24) is 4.90 Å². The molecule has 0 fully saturated rings. The van der Waals surface area contributed by atoms with E-state index < -0.39 is 0 Å². The summed E-state index contributed by atoms with van der Waals surface area (Å²) < 4.78 is 0. The van der Waals surface area contributed by atoms with Gasteiger partial charge in [-0.2, -0.15) is 0 Å². The summed E-state index contributed by atoms with van der Waals surface area (Å²) in [5.41, 5.74) is 1.66. The molecule has 4 heteroatoms. The van der Waals surface area contributed by atoms with Crippen molar-refractivity contribution in [2.24, 2.45) is 0 Å². The van der Waals surface area contributed by atoms with Gasteiger partial charge in [0.15, 0.2) is 6.29 Å². The van der Waals surface area contributed by atoms with Crippen molar-refractivity contribution in [3.05, 3.63) is 29.3 Å². The van der Waals surface area contributed by atoms with E-state index in [1.807, 2.05) is 13.0 Å². The highest BCUT2D eigenvalue weighted by Crippen LogP contribution is 2.22. The molecular weight excluding hydrogens is 264 g/mol. The highest BCUT2D eigenvalue weighted by Gasteiger charge is 2.22. The van der Waals surface area contributed by atoms with Crippen LogP contribution in [0.3, 0.4) is 0 Å². The number of nitrogens with zero attached hydrogens (tertiary/aromatic N) is 1. The molecule has 1 aromatic carbocycles. The molecule has 0 saturated heterocycles. The highest BCUT2D eigenvalue weighted by atomic mass is 16.2. The predicted octanol–water partition coefficient (Wildman–Crippen LogP) is 3.58. The quantitative estimate of drug-likeness (QED) is 0.744. The van der Waals surface area contributed by atoms with Gasteiger partial charge < -0.3 is 10.2 Å². The molecule has 1 atom stereocenters. The third-order valence-electron chi connectivity index (χ3n) is 3.69. The average Bonchev–Trinajstić information content (AvgIpc) is 2.51. The van der Waals surface area contributed by atoms with E-state index in [-0.39, 0.29) is 11.9 Å². The topological polar surface area (TPSA) is 49.4 Å².